The van der Waals surface area contributed by atoms with Gasteiger partial charge in [-0.05, 0) is 18.3 Å². The van der Waals surface area contributed by atoms with Gasteiger partial charge in [-0.2, -0.15) is 0 Å². The number of hydrogen-bond donors (Lipinski definition) is 0. The summed E-state index contributed by atoms with van der Waals surface area (Å²) in [6.45, 7) is 4.20. The maximum atomic E-state index is 10.1. The van der Waals surface area contributed by atoms with Crippen LogP contribution in [0.2, 0.25) is 0 Å². The smallest absolute Gasteiger partial charge is 0.120 e. The lowest BCUT2D eigenvalue weighted by atomic mass is 10.2. The fourth-order valence-electron chi connectivity index (χ4n) is 1.37. The summed E-state index contributed by atoms with van der Waals surface area (Å²) < 4.78 is 0. The molecule has 1 rings (SSSR count). The van der Waals surface area contributed by atoms with Crippen molar-refractivity contribution in [1.29, 1.82) is 0 Å². The molecule has 1 fully saturated rings. The highest BCUT2D eigenvalue weighted by Crippen LogP contribution is 2.42. The predicted molar refractivity (Wildman–Crippen MR) is 49.5 cm³/mol. The lowest BCUT2D eigenvalue weighted by molar-refractivity contribution is -0.108. The van der Waals surface area contributed by atoms with Crippen LogP contribution >= 0.6 is 0 Å². The van der Waals surface area contributed by atoms with Crippen molar-refractivity contribution in [3.63, 3.8) is 0 Å². The van der Waals surface area contributed by atoms with Crippen LogP contribution in [0.4, 0.5) is 0 Å². The molecule has 0 N–H and O–H groups in total. The molecule has 0 aromatic carbocycles. The lowest BCUT2D eigenvalue weighted by Crippen LogP contribution is -1.83. The summed E-state index contributed by atoms with van der Waals surface area (Å²) in [6.07, 6.45) is 3.98. The topological polar surface area (TPSA) is 17.1 Å². The van der Waals surface area contributed by atoms with Crippen LogP contribution in [0.5, 0.6) is 0 Å². The molecule has 0 saturated heterocycles. The second-order valence-electron chi connectivity index (χ2n) is 3.84. The first-order valence-corrected chi connectivity index (χ1v) is 4.66. The third kappa shape index (κ3) is 3.09. The third-order valence-corrected chi connectivity index (χ3v) is 2.22. The van der Waals surface area contributed by atoms with Crippen LogP contribution in [-0.2, 0) is 4.79 Å². The Morgan fingerprint density at radius 1 is 1.50 bits per heavy atom. The van der Waals surface area contributed by atoms with Gasteiger partial charge in [0.15, 0.2) is 0 Å². The van der Waals surface area contributed by atoms with E-state index >= 15 is 0 Å². The molecule has 0 bridgehead atoms. The minimum atomic E-state index is 0.480. The first-order valence-electron chi connectivity index (χ1n) is 4.66. The van der Waals surface area contributed by atoms with E-state index in [2.05, 4.69) is 25.7 Å². The largest absolute Gasteiger partial charge is 0.303 e. The van der Waals surface area contributed by atoms with E-state index < -0.39 is 0 Å². The molecule has 2 atom stereocenters. The van der Waals surface area contributed by atoms with Gasteiger partial charge in [0.25, 0.3) is 0 Å². The Morgan fingerprint density at radius 2 is 2.25 bits per heavy atom. The first kappa shape index (κ1) is 9.32. The molecular weight excluding hydrogens is 148 g/mol. The summed E-state index contributed by atoms with van der Waals surface area (Å²) in [7, 11) is 0. The van der Waals surface area contributed by atoms with Crippen molar-refractivity contribution < 1.29 is 4.79 Å². The summed E-state index contributed by atoms with van der Waals surface area (Å²) in [5, 5.41) is 0. The van der Waals surface area contributed by atoms with Gasteiger partial charge in [0, 0.05) is 18.8 Å². The fourth-order valence-corrected chi connectivity index (χ4v) is 1.37. The van der Waals surface area contributed by atoms with Gasteiger partial charge in [-0.1, -0.05) is 13.8 Å². The monoisotopic (exact) mass is 164 g/mol. The van der Waals surface area contributed by atoms with E-state index in [0.717, 1.165) is 25.0 Å². The molecule has 0 spiro atoms. The average Bonchev–Trinajstić information content (AvgIpc) is 2.68. The number of aldehydes is 1. The molecule has 66 valence electrons. The molecular formula is C11H16O. The van der Waals surface area contributed by atoms with Crippen molar-refractivity contribution in [2.45, 2.75) is 33.1 Å². The van der Waals surface area contributed by atoms with Gasteiger partial charge >= 0.3 is 0 Å². The Labute approximate surface area is 74.5 Å². The van der Waals surface area contributed by atoms with Crippen molar-refractivity contribution in [2.75, 3.05) is 0 Å². The average molecular weight is 164 g/mol. The van der Waals surface area contributed by atoms with Crippen LogP contribution < -0.4 is 0 Å². The van der Waals surface area contributed by atoms with Crippen molar-refractivity contribution in [3.05, 3.63) is 0 Å². The highest BCUT2D eigenvalue weighted by molar-refractivity contribution is 5.50. The molecule has 2 unspecified atom stereocenters. The van der Waals surface area contributed by atoms with Crippen molar-refractivity contribution in [2.24, 2.45) is 17.8 Å². The molecule has 0 heterocycles. The van der Waals surface area contributed by atoms with Crippen LogP contribution in [0.1, 0.15) is 33.1 Å². The van der Waals surface area contributed by atoms with Gasteiger partial charge in [0.05, 0.1) is 0 Å². The molecule has 0 amide bonds. The minimum Gasteiger partial charge on any atom is -0.303 e. The SMILES string of the molecule is CC(C)C#CCC1CC1CC=O. The molecule has 0 aliphatic heterocycles. The first-order chi connectivity index (χ1) is 5.74. The Kier molecular flexibility index (Phi) is 3.34. The predicted octanol–water partition coefficient (Wildman–Crippen LogP) is 2.26. The van der Waals surface area contributed by atoms with Gasteiger partial charge in [-0.25, -0.2) is 0 Å². The maximum absolute atomic E-state index is 10.1. The highest BCUT2D eigenvalue weighted by Gasteiger charge is 2.35. The molecule has 0 aromatic rings. The molecule has 1 aliphatic carbocycles. The van der Waals surface area contributed by atoms with Crippen molar-refractivity contribution in [1.82, 2.24) is 0 Å². The fraction of sp³-hybridized carbons (Fsp3) is 0.727. The summed E-state index contributed by atoms with van der Waals surface area (Å²) in [5.41, 5.74) is 0. The van der Waals surface area contributed by atoms with E-state index in [9.17, 15) is 4.79 Å². The Bertz CT molecular complexity index is 207. The van der Waals surface area contributed by atoms with E-state index in [1.54, 1.807) is 0 Å². The van der Waals surface area contributed by atoms with E-state index in [-0.39, 0.29) is 0 Å². The zero-order chi connectivity index (χ0) is 8.97. The Morgan fingerprint density at radius 3 is 2.83 bits per heavy atom. The van der Waals surface area contributed by atoms with E-state index in [1.807, 2.05) is 0 Å². The second-order valence-corrected chi connectivity index (χ2v) is 3.84. The van der Waals surface area contributed by atoms with Crippen LogP contribution in [0.15, 0.2) is 0 Å². The molecule has 0 radical (unpaired) electrons. The summed E-state index contributed by atoms with van der Waals surface area (Å²) in [4.78, 5) is 10.1. The van der Waals surface area contributed by atoms with Crippen LogP contribution in [0.25, 0.3) is 0 Å². The Balaban J connectivity index is 2.12. The quantitative estimate of drug-likeness (QED) is 0.462. The van der Waals surface area contributed by atoms with Gasteiger partial charge in [-0.15, -0.1) is 11.8 Å². The summed E-state index contributed by atoms with van der Waals surface area (Å²) in [6, 6.07) is 0. The molecule has 1 saturated carbocycles. The van der Waals surface area contributed by atoms with Crippen LogP contribution in [0, 0.1) is 29.6 Å². The van der Waals surface area contributed by atoms with E-state index in [0.29, 0.717) is 11.8 Å². The van der Waals surface area contributed by atoms with Gasteiger partial charge in [0.2, 0.25) is 0 Å². The Hall–Kier alpha value is -0.770. The molecule has 1 aliphatic rings. The van der Waals surface area contributed by atoms with Gasteiger partial charge < -0.3 is 4.79 Å². The van der Waals surface area contributed by atoms with E-state index in [4.69, 9.17) is 0 Å². The molecule has 1 heteroatoms. The normalized spacial score (nSPS) is 26.2. The number of hydrogen-bond acceptors (Lipinski definition) is 1. The summed E-state index contributed by atoms with van der Waals surface area (Å²) >= 11 is 0. The summed E-state index contributed by atoms with van der Waals surface area (Å²) in [5.74, 6) is 8.17. The van der Waals surface area contributed by atoms with Gasteiger partial charge in [0.1, 0.15) is 6.29 Å². The zero-order valence-corrected chi connectivity index (χ0v) is 7.84. The minimum absolute atomic E-state index is 0.480. The van der Waals surface area contributed by atoms with Crippen LogP contribution in [-0.4, -0.2) is 6.29 Å². The second kappa shape index (κ2) is 4.30. The highest BCUT2D eigenvalue weighted by atomic mass is 16.1. The number of carbonyl (C=O) groups excluding carboxylic acids is 1. The third-order valence-electron chi connectivity index (χ3n) is 2.22. The number of carbonyl (C=O) groups is 1. The van der Waals surface area contributed by atoms with Gasteiger partial charge in [-0.3, -0.25) is 0 Å². The van der Waals surface area contributed by atoms with Crippen molar-refractivity contribution >= 4 is 6.29 Å². The molecule has 1 nitrogen and oxygen atoms in total. The zero-order valence-electron chi connectivity index (χ0n) is 7.84. The maximum Gasteiger partial charge on any atom is 0.120 e. The molecule has 0 aromatic heterocycles. The number of rotatable bonds is 3. The van der Waals surface area contributed by atoms with Crippen molar-refractivity contribution in [3.8, 4) is 11.8 Å². The van der Waals surface area contributed by atoms with E-state index in [1.165, 1.54) is 6.42 Å². The lowest BCUT2D eigenvalue weighted by Gasteiger charge is -1.89. The molecule has 12 heavy (non-hydrogen) atoms. The standard InChI is InChI=1S/C11H16O/c1-9(2)4-3-5-10-8-11(10)6-7-12/h7,9-11H,5-6,8H2,1-2H3. The van der Waals surface area contributed by atoms with Crippen LogP contribution in [0.3, 0.4) is 0 Å².